The van der Waals surface area contributed by atoms with Crippen LogP contribution in [0.4, 0.5) is 5.69 Å². The minimum absolute atomic E-state index is 0.0418. The molecule has 0 spiro atoms. The van der Waals surface area contributed by atoms with Crippen molar-refractivity contribution in [1.82, 2.24) is 14.4 Å². The average Bonchev–Trinajstić information content (AvgIpc) is 2.74. The SMILES string of the molecule is CN(C)Cc1ccc2n(c1=O)C[C@H]1C[C@@H]2CN(C(=O)c2ccc3c(c2)OCC(=O)N3)C1. The third-order valence-electron chi connectivity index (χ3n) is 6.32. The summed E-state index contributed by atoms with van der Waals surface area (Å²) < 4.78 is 7.39. The number of pyridine rings is 1. The number of aromatic nitrogens is 1. The van der Waals surface area contributed by atoms with E-state index in [4.69, 9.17) is 4.74 Å². The third-order valence-corrected chi connectivity index (χ3v) is 6.32. The Morgan fingerprint density at radius 2 is 2.00 bits per heavy atom. The highest BCUT2D eigenvalue weighted by Crippen LogP contribution is 2.36. The summed E-state index contributed by atoms with van der Waals surface area (Å²) in [5, 5.41) is 2.75. The first-order valence-corrected chi connectivity index (χ1v) is 10.6. The molecule has 3 aliphatic heterocycles. The highest BCUT2D eigenvalue weighted by molar-refractivity contribution is 5.99. The number of ether oxygens (including phenoxy) is 1. The van der Waals surface area contributed by atoms with Crippen molar-refractivity contribution in [3.8, 4) is 5.75 Å². The lowest BCUT2D eigenvalue weighted by atomic mass is 9.82. The van der Waals surface area contributed by atoms with Crippen molar-refractivity contribution in [1.29, 1.82) is 0 Å². The zero-order valence-electron chi connectivity index (χ0n) is 17.8. The van der Waals surface area contributed by atoms with Gasteiger partial charge in [-0.2, -0.15) is 0 Å². The van der Waals surface area contributed by atoms with Gasteiger partial charge in [-0.25, -0.2) is 0 Å². The van der Waals surface area contributed by atoms with E-state index in [0.29, 0.717) is 43.2 Å². The molecule has 1 saturated heterocycles. The van der Waals surface area contributed by atoms with Gasteiger partial charge in [0, 0.05) is 48.9 Å². The molecular weight excluding hydrogens is 396 g/mol. The molecule has 1 N–H and O–H groups in total. The van der Waals surface area contributed by atoms with Gasteiger partial charge in [0.2, 0.25) is 0 Å². The number of hydrogen-bond donors (Lipinski definition) is 1. The molecule has 0 aliphatic carbocycles. The molecule has 1 fully saturated rings. The first-order valence-electron chi connectivity index (χ1n) is 10.6. The molecule has 2 atom stereocenters. The molecule has 0 saturated carbocycles. The molecule has 162 valence electrons. The molecule has 1 aromatic heterocycles. The van der Waals surface area contributed by atoms with Crippen LogP contribution in [0.2, 0.25) is 0 Å². The van der Waals surface area contributed by atoms with Crippen LogP contribution >= 0.6 is 0 Å². The molecule has 3 aliphatic rings. The van der Waals surface area contributed by atoms with Gasteiger partial charge in [-0.05, 0) is 50.7 Å². The molecule has 8 nitrogen and oxygen atoms in total. The summed E-state index contributed by atoms with van der Waals surface area (Å²) in [7, 11) is 3.92. The Morgan fingerprint density at radius 3 is 2.81 bits per heavy atom. The monoisotopic (exact) mass is 422 g/mol. The van der Waals surface area contributed by atoms with Crippen molar-refractivity contribution >= 4 is 17.5 Å². The van der Waals surface area contributed by atoms with Gasteiger partial charge in [0.05, 0.1) is 5.69 Å². The number of carbonyl (C=O) groups excluding carboxylic acids is 2. The second kappa shape index (κ2) is 7.53. The van der Waals surface area contributed by atoms with Crippen LogP contribution in [0.25, 0.3) is 0 Å². The van der Waals surface area contributed by atoms with E-state index in [9.17, 15) is 14.4 Å². The number of carbonyl (C=O) groups is 2. The van der Waals surface area contributed by atoms with E-state index in [0.717, 1.165) is 17.7 Å². The molecular formula is C23H26N4O4. The van der Waals surface area contributed by atoms with E-state index in [-0.39, 0.29) is 35.8 Å². The smallest absolute Gasteiger partial charge is 0.262 e. The highest BCUT2D eigenvalue weighted by Gasteiger charge is 2.37. The molecule has 2 bridgehead atoms. The average molecular weight is 422 g/mol. The molecule has 5 rings (SSSR count). The molecule has 31 heavy (non-hydrogen) atoms. The molecule has 0 radical (unpaired) electrons. The zero-order valence-corrected chi connectivity index (χ0v) is 17.8. The van der Waals surface area contributed by atoms with Gasteiger partial charge < -0.3 is 24.4 Å². The zero-order chi connectivity index (χ0) is 21.7. The van der Waals surface area contributed by atoms with E-state index >= 15 is 0 Å². The van der Waals surface area contributed by atoms with E-state index in [1.807, 2.05) is 34.5 Å². The van der Waals surface area contributed by atoms with Crippen LogP contribution in [0.1, 0.15) is 34.0 Å². The topological polar surface area (TPSA) is 83.9 Å². The van der Waals surface area contributed by atoms with Crippen LogP contribution in [0.15, 0.2) is 35.1 Å². The van der Waals surface area contributed by atoms with E-state index in [1.54, 1.807) is 18.2 Å². The third kappa shape index (κ3) is 3.61. The number of nitrogens with zero attached hydrogens (tertiary/aromatic N) is 3. The van der Waals surface area contributed by atoms with Gasteiger partial charge in [-0.1, -0.05) is 6.07 Å². The lowest BCUT2D eigenvalue weighted by molar-refractivity contribution is -0.118. The molecule has 2 amide bonds. The molecule has 4 heterocycles. The number of likely N-dealkylation sites (tertiary alicyclic amines) is 1. The van der Waals surface area contributed by atoms with E-state index in [1.165, 1.54) is 0 Å². The number of benzene rings is 1. The fourth-order valence-electron chi connectivity index (χ4n) is 5.01. The van der Waals surface area contributed by atoms with Crippen LogP contribution in [-0.2, 0) is 17.9 Å². The maximum absolute atomic E-state index is 13.2. The van der Waals surface area contributed by atoms with E-state index in [2.05, 4.69) is 11.4 Å². The number of anilines is 1. The molecule has 2 aromatic rings. The Kier molecular flexibility index (Phi) is 4.81. The van der Waals surface area contributed by atoms with Gasteiger partial charge in [0.25, 0.3) is 17.4 Å². The normalized spacial score (nSPS) is 21.8. The van der Waals surface area contributed by atoms with Crippen LogP contribution in [-0.4, -0.2) is 60.0 Å². The number of rotatable bonds is 3. The second-order valence-electron chi connectivity index (χ2n) is 8.99. The van der Waals surface area contributed by atoms with Crippen molar-refractivity contribution in [2.75, 3.05) is 39.1 Å². The quantitative estimate of drug-likeness (QED) is 0.811. The van der Waals surface area contributed by atoms with Crippen molar-refractivity contribution in [2.45, 2.75) is 25.4 Å². The minimum Gasteiger partial charge on any atom is -0.482 e. The Balaban J connectivity index is 1.38. The number of hydrogen-bond acceptors (Lipinski definition) is 5. The van der Waals surface area contributed by atoms with Crippen molar-refractivity contribution in [3.05, 3.63) is 57.5 Å². The predicted octanol–water partition coefficient (Wildman–Crippen LogP) is 1.50. The lowest BCUT2D eigenvalue weighted by Gasteiger charge is -2.43. The van der Waals surface area contributed by atoms with E-state index < -0.39 is 0 Å². The standard InChI is InChI=1S/C23H26N4O4/c1-25(2)11-16-4-6-19-17-7-14(10-27(19)23(16)30)9-26(12-17)22(29)15-3-5-18-20(8-15)31-13-21(28)24-18/h3-6,8,14,17H,7,9-13H2,1-2H3,(H,24,28)/t14-,17+/m0/s1. The summed E-state index contributed by atoms with van der Waals surface area (Å²) in [6, 6.07) is 9.14. The maximum Gasteiger partial charge on any atom is 0.262 e. The largest absolute Gasteiger partial charge is 0.482 e. The van der Waals surface area contributed by atoms with Gasteiger partial charge in [-0.15, -0.1) is 0 Å². The fourth-order valence-corrected chi connectivity index (χ4v) is 5.01. The summed E-state index contributed by atoms with van der Waals surface area (Å²) in [6.45, 7) is 2.46. The van der Waals surface area contributed by atoms with Gasteiger partial charge in [-0.3, -0.25) is 14.4 Å². The Morgan fingerprint density at radius 1 is 1.16 bits per heavy atom. The lowest BCUT2D eigenvalue weighted by Crippen LogP contribution is -2.49. The number of piperidine rings is 1. The van der Waals surface area contributed by atoms with Crippen LogP contribution in [0, 0.1) is 5.92 Å². The molecule has 8 heteroatoms. The Labute approximate surface area is 180 Å². The minimum atomic E-state index is -0.196. The van der Waals surface area contributed by atoms with Gasteiger partial charge >= 0.3 is 0 Å². The van der Waals surface area contributed by atoms with Gasteiger partial charge in [0.15, 0.2) is 6.61 Å². The summed E-state index contributed by atoms with van der Waals surface area (Å²) >= 11 is 0. The Bertz CT molecular complexity index is 1120. The highest BCUT2D eigenvalue weighted by atomic mass is 16.5. The second-order valence-corrected chi connectivity index (χ2v) is 8.99. The molecule has 1 aromatic carbocycles. The summed E-state index contributed by atoms with van der Waals surface area (Å²) in [4.78, 5) is 41.6. The van der Waals surface area contributed by atoms with Crippen LogP contribution < -0.4 is 15.6 Å². The van der Waals surface area contributed by atoms with Crippen molar-refractivity contribution in [3.63, 3.8) is 0 Å². The first-order chi connectivity index (χ1) is 14.9. The van der Waals surface area contributed by atoms with Crippen LogP contribution in [0.3, 0.4) is 0 Å². The summed E-state index contributed by atoms with van der Waals surface area (Å²) in [5.41, 5.74) is 3.06. The first kappa shape index (κ1) is 19.8. The summed E-state index contributed by atoms with van der Waals surface area (Å²) in [5.74, 6) is 0.700. The summed E-state index contributed by atoms with van der Waals surface area (Å²) in [6.07, 6.45) is 0.996. The fraction of sp³-hybridized carbons (Fsp3) is 0.435. The number of nitrogens with one attached hydrogen (secondary N) is 1. The number of amides is 2. The Hall–Kier alpha value is -3.13. The molecule has 0 unspecified atom stereocenters. The number of fused-ring (bicyclic) bond motifs is 5. The maximum atomic E-state index is 13.2. The van der Waals surface area contributed by atoms with Gasteiger partial charge in [0.1, 0.15) is 5.75 Å². The van der Waals surface area contributed by atoms with Crippen molar-refractivity contribution in [2.24, 2.45) is 5.92 Å². The predicted molar refractivity (Wildman–Crippen MR) is 115 cm³/mol. The van der Waals surface area contributed by atoms with Crippen molar-refractivity contribution < 1.29 is 14.3 Å². The van der Waals surface area contributed by atoms with Crippen LogP contribution in [0.5, 0.6) is 5.75 Å².